The van der Waals surface area contributed by atoms with Gasteiger partial charge < -0.3 is 8.85 Å². The largest absolute Gasteiger partial charge is 0.462 e. The van der Waals surface area contributed by atoms with Crippen LogP contribution >= 0.6 is 0 Å². The second kappa shape index (κ2) is 7.81. The summed E-state index contributed by atoms with van der Waals surface area (Å²) < 4.78 is 10.8. The van der Waals surface area contributed by atoms with Crippen LogP contribution < -0.4 is 0 Å². The molecule has 0 saturated heterocycles. The summed E-state index contributed by atoms with van der Waals surface area (Å²) in [6, 6.07) is 0.979. The van der Waals surface area contributed by atoms with Crippen molar-refractivity contribution < 1.29 is 13.6 Å². The van der Waals surface area contributed by atoms with Crippen molar-refractivity contribution in [2.45, 2.75) is 46.0 Å². The third-order valence-corrected chi connectivity index (χ3v) is 5.37. The molecule has 0 aromatic heterocycles. The summed E-state index contributed by atoms with van der Waals surface area (Å²) in [5.41, 5.74) is 0.667. The summed E-state index contributed by atoms with van der Waals surface area (Å²) in [5.74, 6) is -0.211. The molecule has 0 amide bonds. The molecule has 0 saturated carbocycles. The molecular weight excluding hydrogens is 236 g/mol. The van der Waals surface area contributed by atoms with Gasteiger partial charge in [-0.2, -0.15) is 0 Å². The van der Waals surface area contributed by atoms with E-state index in [0.717, 1.165) is 12.5 Å². The molecule has 0 aliphatic carbocycles. The maximum absolute atomic E-state index is 11.3. The maximum Gasteiger partial charge on any atom is 0.333 e. The van der Waals surface area contributed by atoms with Crippen LogP contribution in [0.3, 0.4) is 0 Å². The monoisotopic (exact) mass is 258 g/mol. The van der Waals surface area contributed by atoms with Crippen molar-refractivity contribution in [3.05, 3.63) is 11.6 Å². The van der Waals surface area contributed by atoms with Crippen LogP contribution in [0.1, 0.15) is 20.3 Å². The SMILES string of the molecule is CC=C(C)C(=O)OCCC[Si]O[Si](C)(C)C. The highest BCUT2D eigenvalue weighted by atomic mass is 28.4. The van der Waals surface area contributed by atoms with E-state index < -0.39 is 8.32 Å². The number of hydrogen-bond donors (Lipinski definition) is 0. The van der Waals surface area contributed by atoms with E-state index in [-0.39, 0.29) is 5.97 Å². The molecule has 0 unspecified atom stereocenters. The van der Waals surface area contributed by atoms with Gasteiger partial charge in [-0.15, -0.1) is 0 Å². The fourth-order valence-electron chi connectivity index (χ4n) is 0.808. The molecule has 0 N–H and O–H groups in total. The Hall–Kier alpha value is -0.396. The van der Waals surface area contributed by atoms with E-state index >= 15 is 0 Å². The van der Waals surface area contributed by atoms with Crippen molar-refractivity contribution in [1.29, 1.82) is 0 Å². The smallest absolute Gasteiger partial charge is 0.333 e. The molecule has 16 heavy (non-hydrogen) atoms. The number of carbonyl (C=O) groups is 1. The summed E-state index contributed by atoms with van der Waals surface area (Å²) in [6.45, 7) is 10.6. The van der Waals surface area contributed by atoms with Crippen molar-refractivity contribution in [1.82, 2.24) is 0 Å². The van der Waals surface area contributed by atoms with Crippen LogP contribution in [-0.2, 0) is 13.6 Å². The second-order valence-electron chi connectivity index (χ2n) is 4.57. The number of allylic oxidation sites excluding steroid dienone is 1. The summed E-state index contributed by atoms with van der Waals surface area (Å²) in [6.07, 6.45) is 2.64. The molecule has 0 fully saturated rings. The van der Waals surface area contributed by atoms with Crippen LogP contribution in [0.2, 0.25) is 25.7 Å². The first-order chi connectivity index (χ1) is 7.37. The van der Waals surface area contributed by atoms with Gasteiger partial charge in [0.15, 0.2) is 8.32 Å². The highest BCUT2D eigenvalue weighted by Gasteiger charge is 2.13. The lowest BCUT2D eigenvalue weighted by Crippen LogP contribution is -2.27. The maximum atomic E-state index is 11.3. The Morgan fingerprint density at radius 1 is 1.38 bits per heavy atom. The van der Waals surface area contributed by atoms with Gasteiger partial charge in [-0.25, -0.2) is 4.79 Å². The Bertz CT molecular complexity index is 244. The Morgan fingerprint density at radius 3 is 2.50 bits per heavy atom. The number of rotatable bonds is 7. The molecule has 0 aromatic rings. The van der Waals surface area contributed by atoms with Crippen LogP contribution in [0, 0.1) is 0 Å². The number of esters is 1. The Balaban J connectivity index is 3.45. The van der Waals surface area contributed by atoms with Crippen LogP contribution in [0.5, 0.6) is 0 Å². The molecule has 0 aliphatic heterocycles. The van der Waals surface area contributed by atoms with E-state index in [2.05, 4.69) is 19.6 Å². The molecule has 0 bridgehead atoms. The molecule has 92 valence electrons. The fourth-order valence-corrected chi connectivity index (χ4v) is 3.24. The third kappa shape index (κ3) is 8.88. The van der Waals surface area contributed by atoms with E-state index in [0.29, 0.717) is 21.9 Å². The lowest BCUT2D eigenvalue weighted by Gasteiger charge is -2.16. The molecule has 2 radical (unpaired) electrons. The van der Waals surface area contributed by atoms with E-state index in [9.17, 15) is 4.79 Å². The summed E-state index contributed by atoms with van der Waals surface area (Å²) in [4.78, 5) is 11.3. The third-order valence-electron chi connectivity index (χ3n) is 1.79. The Morgan fingerprint density at radius 2 is 2.00 bits per heavy atom. The molecule has 0 rings (SSSR count). The van der Waals surface area contributed by atoms with Crippen LogP contribution in [-0.4, -0.2) is 30.7 Å². The van der Waals surface area contributed by atoms with E-state index in [1.807, 2.05) is 6.92 Å². The van der Waals surface area contributed by atoms with Crippen LogP contribution in [0.4, 0.5) is 0 Å². The molecular formula is C11H22O3Si2. The van der Waals surface area contributed by atoms with E-state index in [1.165, 1.54) is 0 Å². The molecule has 5 heteroatoms. The van der Waals surface area contributed by atoms with Crippen LogP contribution in [0.25, 0.3) is 0 Å². The molecule has 0 spiro atoms. The Labute approximate surface area is 102 Å². The van der Waals surface area contributed by atoms with Gasteiger partial charge in [0.05, 0.1) is 6.61 Å². The van der Waals surface area contributed by atoms with E-state index in [4.69, 9.17) is 8.85 Å². The van der Waals surface area contributed by atoms with Gasteiger partial charge in [0.2, 0.25) is 9.76 Å². The summed E-state index contributed by atoms with van der Waals surface area (Å²) in [5, 5.41) is 0. The minimum atomic E-state index is -1.37. The van der Waals surface area contributed by atoms with Gasteiger partial charge in [-0.05, 0) is 46.0 Å². The zero-order valence-electron chi connectivity index (χ0n) is 10.9. The zero-order valence-corrected chi connectivity index (χ0v) is 12.9. The zero-order chi connectivity index (χ0) is 12.6. The van der Waals surface area contributed by atoms with Crippen molar-refractivity contribution in [2.75, 3.05) is 6.61 Å². The highest BCUT2D eigenvalue weighted by molar-refractivity contribution is 6.73. The minimum absolute atomic E-state index is 0.211. The minimum Gasteiger partial charge on any atom is -0.462 e. The quantitative estimate of drug-likeness (QED) is 0.305. The number of hydrogen-bond acceptors (Lipinski definition) is 3. The number of ether oxygens (including phenoxy) is 1. The van der Waals surface area contributed by atoms with Gasteiger partial charge in [0.1, 0.15) is 0 Å². The molecule has 0 aromatic carbocycles. The summed E-state index contributed by atoms with van der Waals surface area (Å²) in [7, 11) is -0.830. The van der Waals surface area contributed by atoms with Gasteiger partial charge in [-0.3, -0.25) is 0 Å². The second-order valence-corrected chi connectivity index (χ2v) is 10.4. The molecule has 0 aliphatic rings. The van der Waals surface area contributed by atoms with Gasteiger partial charge in [0.25, 0.3) is 0 Å². The predicted molar refractivity (Wildman–Crippen MR) is 70.0 cm³/mol. The highest BCUT2D eigenvalue weighted by Crippen LogP contribution is 2.03. The average Bonchev–Trinajstić information content (AvgIpc) is 2.20. The van der Waals surface area contributed by atoms with Crippen LogP contribution in [0.15, 0.2) is 11.6 Å². The summed E-state index contributed by atoms with van der Waals surface area (Å²) >= 11 is 0. The lowest BCUT2D eigenvalue weighted by atomic mass is 10.3. The molecule has 0 heterocycles. The first kappa shape index (κ1) is 15.6. The standard InChI is InChI=1S/C11H22O3Si2/c1-6-10(2)11(12)13-8-7-9-15-14-16(3,4)5/h6H,7-9H2,1-5H3. The van der Waals surface area contributed by atoms with Gasteiger partial charge in [-0.1, -0.05) is 6.08 Å². The molecule has 3 nitrogen and oxygen atoms in total. The molecule has 0 atom stereocenters. The van der Waals surface area contributed by atoms with E-state index in [1.54, 1.807) is 13.0 Å². The van der Waals surface area contributed by atoms with Crippen molar-refractivity contribution in [3.63, 3.8) is 0 Å². The number of carbonyl (C=O) groups excluding carboxylic acids is 1. The Kier molecular flexibility index (Phi) is 7.62. The van der Waals surface area contributed by atoms with Crippen molar-refractivity contribution >= 4 is 24.0 Å². The predicted octanol–water partition coefficient (Wildman–Crippen LogP) is 2.77. The lowest BCUT2D eigenvalue weighted by molar-refractivity contribution is -0.138. The first-order valence-corrected chi connectivity index (χ1v) is 10.1. The topological polar surface area (TPSA) is 35.5 Å². The van der Waals surface area contributed by atoms with Gasteiger partial charge in [0, 0.05) is 5.57 Å². The fraction of sp³-hybridized carbons (Fsp3) is 0.727. The average molecular weight is 258 g/mol. The normalized spacial score (nSPS) is 12.7. The van der Waals surface area contributed by atoms with Crippen molar-refractivity contribution in [2.24, 2.45) is 0 Å². The van der Waals surface area contributed by atoms with Gasteiger partial charge >= 0.3 is 5.97 Å². The first-order valence-electron chi connectivity index (χ1n) is 5.57. The van der Waals surface area contributed by atoms with Crippen molar-refractivity contribution in [3.8, 4) is 0 Å².